The van der Waals surface area contributed by atoms with Gasteiger partial charge in [0.15, 0.2) is 0 Å². The van der Waals surface area contributed by atoms with Gasteiger partial charge < -0.3 is 9.64 Å². The van der Waals surface area contributed by atoms with Crippen LogP contribution in [0.3, 0.4) is 0 Å². The summed E-state index contributed by atoms with van der Waals surface area (Å²) in [4.78, 5) is 16.4. The molecule has 1 aliphatic heterocycles. The largest absolute Gasteiger partial charge is 0.381 e. The first-order valence-corrected chi connectivity index (χ1v) is 9.10. The van der Waals surface area contributed by atoms with Crippen molar-refractivity contribution in [1.29, 1.82) is 0 Å². The molecule has 4 heteroatoms. The van der Waals surface area contributed by atoms with Crippen molar-refractivity contribution in [3.63, 3.8) is 0 Å². The van der Waals surface area contributed by atoms with Crippen LogP contribution in [-0.2, 0) is 11.2 Å². The lowest BCUT2D eigenvalue weighted by atomic mass is 10.0. The van der Waals surface area contributed by atoms with Crippen molar-refractivity contribution in [1.82, 2.24) is 4.90 Å². The summed E-state index contributed by atoms with van der Waals surface area (Å²) < 4.78 is 5.47. The zero-order valence-corrected chi connectivity index (χ0v) is 14.3. The molecule has 0 aliphatic carbocycles. The number of amides is 1. The maximum absolute atomic E-state index is 13.0. The number of aryl methyl sites for hydroxylation is 1. The van der Waals surface area contributed by atoms with Crippen LogP contribution in [0.4, 0.5) is 0 Å². The first kappa shape index (κ1) is 16.2. The van der Waals surface area contributed by atoms with Crippen LogP contribution in [0.2, 0.25) is 0 Å². The standard InChI is InChI=1S/C19H23NO2S/c1-15-4-6-16(7-5-15)19(21)20(17-9-12-22-13-10-17)11-8-18-3-2-14-23-18/h2-7,14,17H,8-13H2,1H3. The molecule has 3 nitrogen and oxygen atoms in total. The lowest BCUT2D eigenvalue weighted by molar-refractivity contribution is 0.0294. The Morgan fingerprint density at radius 2 is 1.96 bits per heavy atom. The normalized spacial score (nSPS) is 15.5. The third-order valence-corrected chi connectivity index (χ3v) is 5.31. The minimum absolute atomic E-state index is 0.147. The zero-order valence-electron chi connectivity index (χ0n) is 13.5. The second-order valence-electron chi connectivity index (χ2n) is 6.04. The Hall–Kier alpha value is -1.65. The van der Waals surface area contributed by atoms with Gasteiger partial charge in [-0.2, -0.15) is 0 Å². The number of ether oxygens (including phenoxy) is 1. The molecule has 0 saturated carbocycles. The van der Waals surface area contributed by atoms with Crippen molar-refractivity contribution >= 4 is 17.2 Å². The highest BCUT2D eigenvalue weighted by molar-refractivity contribution is 7.09. The van der Waals surface area contributed by atoms with Crippen LogP contribution in [0.1, 0.15) is 33.6 Å². The Labute approximate surface area is 141 Å². The summed E-state index contributed by atoms with van der Waals surface area (Å²) in [5.41, 5.74) is 1.96. The van der Waals surface area contributed by atoms with Crippen molar-refractivity contribution in [2.75, 3.05) is 19.8 Å². The van der Waals surface area contributed by atoms with Crippen LogP contribution < -0.4 is 0 Å². The van der Waals surface area contributed by atoms with E-state index in [9.17, 15) is 4.79 Å². The van der Waals surface area contributed by atoms with E-state index in [-0.39, 0.29) is 11.9 Å². The van der Waals surface area contributed by atoms with Gasteiger partial charge in [0.2, 0.25) is 0 Å². The Kier molecular flexibility index (Phi) is 5.47. The number of hydrogen-bond acceptors (Lipinski definition) is 3. The lowest BCUT2D eigenvalue weighted by Gasteiger charge is -2.34. The Morgan fingerprint density at radius 3 is 2.61 bits per heavy atom. The van der Waals surface area contributed by atoms with E-state index >= 15 is 0 Å². The molecule has 3 rings (SSSR count). The number of benzene rings is 1. The molecule has 23 heavy (non-hydrogen) atoms. The van der Waals surface area contributed by atoms with Gasteiger partial charge >= 0.3 is 0 Å². The second-order valence-corrected chi connectivity index (χ2v) is 7.07. The number of rotatable bonds is 5. The average molecular weight is 329 g/mol. The first-order valence-electron chi connectivity index (χ1n) is 8.22. The molecule has 1 saturated heterocycles. The molecular weight excluding hydrogens is 306 g/mol. The zero-order chi connectivity index (χ0) is 16.1. The van der Waals surface area contributed by atoms with Crippen LogP contribution in [0.25, 0.3) is 0 Å². The monoisotopic (exact) mass is 329 g/mol. The average Bonchev–Trinajstić information content (AvgIpc) is 3.10. The quantitative estimate of drug-likeness (QED) is 0.832. The van der Waals surface area contributed by atoms with E-state index in [1.165, 1.54) is 10.4 Å². The number of nitrogens with zero attached hydrogens (tertiary/aromatic N) is 1. The van der Waals surface area contributed by atoms with E-state index in [1.807, 2.05) is 31.2 Å². The lowest BCUT2D eigenvalue weighted by Crippen LogP contribution is -2.44. The molecule has 1 aliphatic rings. The number of carbonyl (C=O) groups is 1. The molecule has 122 valence electrons. The minimum atomic E-state index is 0.147. The van der Waals surface area contributed by atoms with Gasteiger partial charge in [0.05, 0.1) is 0 Å². The fourth-order valence-corrected chi connectivity index (χ4v) is 3.69. The van der Waals surface area contributed by atoms with Gasteiger partial charge in [-0.1, -0.05) is 23.8 Å². The summed E-state index contributed by atoms with van der Waals surface area (Å²) in [7, 11) is 0. The van der Waals surface area contributed by atoms with Crippen LogP contribution in [-0.4, -0.2) is 36.6 Å². The third kappa shape index (κ3) is 4.21. The second kappa shape index (κ2) is 7.75. The summed E-state index contributed by atoms with van der Waals surface area (Å²) in [6.07, 6.45) is 2.79. The molecule has 1 amide bonds. The van der Waals surface area contributed by atoms with Gasteiger partial charge in [0.1, 0.15) is 0 Å². The number of thiophene rings is 1. The summed E-state index contributed by atoms with van der Waals surface area (Å²) in [5, 5.41) is 2.09. The molecule has 0 unspecified atom stereocenters. The highest BCUT2D eigenvalue weighted by Crippen LogP contribution is 2.20. The van der Waals surface area contributed by atoms with Crippen molar-refractivity contribution < 1.29 is 9.53 Å². The van der Waals surface area contributed by atoms with E-state index in [2.05, 4.69) is 22.4 Å². The van der Waals surface area contributed by atoms with Crippen molar-refractivity contribution in [3.8, 4) is 0 Å². The molecule has 0 radical (unpaired) electrons. The summed E-state index contributed by atoms with van der Waals surface area (Å²) in [6, 6.07) is 12.4. The molecule has 2 heterocycles. The van der Waals surface area contributed by atoms with Gasteiger partial charge in [0.25, 0.3) is 5.91 Å². The van der Waals surface area contributed by atoms with Gasteiger partial charge in [-0.3, -0.25) is 4.79 Å². The van der Waals surface area contributed by atoms with Crippen molar-refractivity contribution in [2.24, 2.45) is 0 Å². The van der Waals surface area contributed by atoms with E-state index in [0.29, 0.717) is 0 Å². The number of carbonyl (C=O) groups excluding carboxylic acids is 1. The molecule has 0 N–H and O–H groups in total. The Morgan fingerprint density at radius 1 is 1.22 bits per heavy atom. The molecule has 0 atom stereocenters. The smallest absolute Gasteiger partial charge is 0.254 e. The SMILES string of the molecule is Cc1ccc(C(=O)N(CCc2cccs2)C2CCOCC2)cc1. The van der Waals surface area contributed by atoms with Gasteiger partial charge in [-0.25, -0.2) is 0 Å². The minimum Gasteiger partial charge on any atom is -0.381 e. The van der Waals surface area contributed by atoms with Crippen LogP contribution in [0, 0.1) is 6.92 Å². The van der Waals surface area contributed by atoms with Crippen LogP contribution in [0.15, 0.2) is 41.8 Å². The molecule has 0 spiro atoms. The predicted octanol–water partition coefficient (Wildman–Crippen LogP) is 3.92. The van der Waals surface area contributed by atoms with Gasteiger partial charge in [-0.15, -0.1) is 11.3 Å². The third-order valence-electron chi connectivity index (χ3n) is 4.37. The molecule has 2 aromatic rings. The Balaban J connectivity index is 1.75. The predicted molar refractivity (Wildman–Crippen MR) is 94.1 cm³/mol. The first-order chi connectivity index (χ1) is 11.2. The van der Waals surface area contributed by atoms with E-state index in [0.717, 1.165) is 44.6 Å². The van der Waals surface area contributed by atoms with Crippen LogP contribution >= 0.6 is 11.3 Å². The maximum Gasteiger partial charge on any atom is 0.254 e. The van der Waals surface area contributed by atoms with Crippen LogP contribution in [0.5, 0.6) is 0 Å². The molecule has 1 aromatic carbocycles. The highest BCUT2D eigenvalue weighted by Gasteiger charge is 2.26. The maximum atomic E-state index is 13.0. The van der Waals surface area contributed by atoms with Gasteiger partial charge in [-0.05, 0) is 49.8 Å². The topological polar surface area (TPSA) is 29.5 Å². The summed E-state index contributed by atoms with van der Waals surface area (Å²) >= 11 is 1.76. The van der Waals surface area contributed by atoms with E-state index < -0.39 is 0 Å². The molecule has 1 aromatic heterocycles. The molecular formula is C19H23NO2S. The highest BCUT2D eigenvalue weighted by atomic mass is 32.1. The molecule has 0 bridgehead atoms. The number of hydrogen-bond donors (Lipinski definition) is 0. The van der Waals surface area contributed by atoms with Gasteiger partial charge in [0, 0.05) is 36.2 Å². The van der Waals surface area contributed by atoms with E-state index in [4.69, 9.17) is 4.74 Å². The molecule has 1 fully saturated rings. The fourth-order valence-electron chi connectivity index (χ4n) is 2.99. The van der Waals surface area contributed by atoms with Crippen molar-refractivity contribution in [2.45, 2.75) is 32.2 Å². The summed E-state index contributed by atoms with van der Waals surface area (Å²) in [5.74, 6) is 0.147. The van der Waals surface area contributed by atoms with E-state index in [1.54, 1.807) is 11.3 Å². The Bertz CT molecular complexity index is 615. The van der Waals surface area contributed by atoms with Crippen molar-refractivity contribution in [3.05, 3.63) is 57.8 Å². The summed E-state index contributed by atoms with van der Waals surface area (Å²) in [6.45, 7) is 4.32. The fraction of sp³-hybridized carbons (Fsp3) is 0.421.